The van der Waals surface area contributed by atoms with E-state index in [9.17, 15) is 14.0 Å². The smallest absolute Gasteiger partial charge is 0.338 e. The van der Waals surface area contributed by atoms with Crippen molar-refractivity contribution in [1.82, 2.24) is 15.6 Å². The number of hydrogen-bond donors (Lipinski definition) is 2. The first kappa shape index (κ1) is 19.5. The zero-order valence-electron chi connectivity index (χ0n) is 15.7. The third-order valence-corrected chi connectivity index (χ3v) is 5.49. The highest BCUT2D eigenvalue weighted by Gasteiger charge is 2.45. The predicted octanol–water partition coefficient (Wildman–Crippen LogP) is 3.15. The maximum Gasteiger partial charge on any atom is 0.338 e. The van der Waals surface area contributed by atoms with Crippen LogP contribution in [-0.2, 0) is 0 Å². The number of amides is 3. The number of nitrogens with zero attached hydrogens (tertiary/aromatic N) is 2. The molecule has 2 fully saturated rings. The molecule has 2 aromatic carbocycles. The van der Waals surface area contributed by atoms with E-state index < -0.39 is 5.66 Å². The van der Waals surface area contributed by atoms with Crippen LogP contribution in [0.25, 0.3) is 0 Å². The fraction of sp³-hybridized carbons (Fsp3) is 0.300. The number of carbonyl (C=O) groups is 2. The Kier molecular flexibility index (Phi) is 5.06. The van der Waals surface area contributed by atoms with Crippen LogP contribution >= 0.6 is 11.6 Å². The zero-order chi connectivity index (χ0) is 20.6. The maximum atomic E-state index is 13.2. The minimum absolute atomic E-state index is 0.145. The van der Waals surface area contributed by atoms with Crippen molar-refractivity contribution in [2.75, 3.05) is 25.2 Å². The molecule has 2 heterocycles. The van der Waals surface area contributed by atoms with Gasteiger partial charge in [0.25, 0.3) is 5.91 Å². The van der Waals surface area contributed by atoms with Gasteiger partial charge in [-0.2, -0.15) is 0 Å². The Hall–Kier alpha value is -2.84. The summed E-state index contributed by atoms with van der Waals surface area (Å²) in [7, 11) is 1.50. The van der Waals surface area contributed by atoms with Crippen LogP contribution in [-0.4, -0.2) is 42.7 Å². The maximum absolute atomic E-state index is 13.2. The topological polar surface area (TPSA) is 73.9 Å². The Morgan fingerprint density at radius 2 is 1.86 bits per heavy atom. The highest BCUT2D eigenvalue weighted by Crippen LogP contribution is 2.30. The number of likely N-dealkylation sites (tertiary alicyclic amines) is 1. The summed E-state index contributed by atoms with van der Waals surface area (Å²) in [5.74, 6) is -0.0850. The summed E-state index contributed by atoms with van der Waals surface area (Å²) in [5, 5.41) is 4.83. The molecule has 0 bridgehead atoms. The first-order valence-corrected chi connectivity index (χ1v) is 9.57. The van der Waals surface area contributed by atoms with Crippen molar-refractivity contribution < 1.29 is 18.7 Å². The first-order chi connectivity index (χ1) is 13.9. The molecule has 2 N–H and O–H groups in total. The molecular weight excluding hydrogens is 399 g/mol. The van der Waals surface area contributed by atoms with Crippen LogP contribution in [0.2, 0.25) is 5.02 Å². The van der Waals surface area contributed by atoms with Crippen LogP contribution in [0.1, 0.15) is 23.2 Å². The number of hydrogen-bond acceptors (Lipinski definition) is 4. The van der Waals surface area contributed by atoms with Crippen molar-refractivity contribution in [3.8, 4) is 5.75 Å². The second-order valence-electron chi connectivity index (χ2n) is 7.07. The fourth-order valence-electron chi connectivity index (χ4n) is 3.67. The van der Waals surface area contributed by atoms with Gasteiger partial charge in [-0.05, 0) is 42.5 Å². The number of rotatable bonds is 3. The zero-order valence-corrected chi connectivity index (χ0v) is 16.5. The van der Waals surface area contributed by atoms with Gasteiger partial charge in [-0.3, -0.25) is 4.79 Å². The Bertz CT molecular complexity index is 945. The molecule has 152 valence electrons. The van der Waals surface area contributed by atoms with Gasteiger partial charge in [-0.25, -0.2) is 19.6 Å². The van der Waals surface area contributed by atoms with Gasteiger partial charge in [0.15, 0.2) is 0 Å². The van der Waals surface area contributed by atoms with E-state index >= 15 is 0 Å². The highest BCUT2D eigenvalue weighted by atomic mass is 35.5. The van der Waals surface area contributed by atoms with E-state index in [0.29, 0.717) is 48.0 Å². The molecule has 0 aromatic heterocycles. The van der Waals surface area contributed by atoms with Gasteiger partial charge >= 0.3 is 6.03 Å². The van der Waals surface area contributed by atoms with E-state index in [2.05, 4.69) is 10.7 Å². The van der Waals surface area contributed by atoms with Gasteiger partial charge in [-0.1, -0.05) is 11.6 Å². The number of methoxy groups -OCH3 is 1. The molecule has 29 heavy (non-hydrogen) atoms. The Morgan fingerprint density at radius 3 is 2.52 bits per heavy atom. The highest BCUT2D eigenvalue weighted by molar-refractivity contribution is 6.30. The number of carbonyl (C=O) groups excluding carboxylic acids is 2. The Morgan fingerprint density at radius 1 is 1.17 bits per heavy atom. The SMILES string of the molecule is COc1cc(Cl)ccc1C(=O)N1CCC2(CC1)NC(=O)N(c1ccc(F)cc1)N2. The third-order valence-electron chi connectivity index (χ3n) is 5.26. The summed E-state index contributed by atoms with van der Waals surface area (Å²) in [6.07, 6.45) is 1.05. The molecule has 2 aliphatic rings. The van der Waals surface area contributed by atoms with Crippen molar-refractivity contribution in [2.24, 2.45) is 0 Å². The number of ether oxygens (including phenoxy) is 1. The second-order valence-corrected chi connectivity index (χ2v) is 7.51. The number of piperidine rings is 1. The van der Waals surface area contributed by atoms with E-state index in [1.165, 1.54) is 36.4 Å². The molecule has 0 unspecified atom stereocenters. The van der Waals surface area contributed by atoms with Crippen LogP contribution in [0, 0.1) is 5.82 Å². The largest absolute Gasteiger partial charge is 0.496 e. The van der Waals surface area contributed by atoms with Gasteiger partial charge in [-0.15, -0.1) is 0 Å². The van der Waals surface area contributed by atoms with Gasteiger partial charge in [0.05, 0.1) is 18.4 Å². The molecule has 4 rings (SSSR count). The second kappa shape index (κ2) is 7.53. The van der Waals surface area contributed by atoms with Crippen molar-refractivity contribution >= 4 is 29.2 Å². The van der Waals surface area contributed by atoms with Gasteiger partial charge in [0.1, 0.15) is 17.2 Å². The van der Waals surface area contributed by atoms with Crippen molar-refractivity contribution in [3.63, 3.8) is 0 Å². The lowest BCUT2D eigenvalue weighted by molar-refractivity contribution is 0.0637. The van der Waals surface area contributed by atoms with E-state index in [1.807, 2.05) is 0 Å². The number of benzene rings is 2. The molecule has 2 saturated heterocycles. The van der Waals surface area contributed by atoms with E-state index in [0.717, 1.165) is 0 Å². The summed E-state index contributed by atoms with van der Waals surface area (Å²) in [5.41, 5.74) is 3.54. The quantitative estimate of drug-likeness (QED) is 0.803. The van der Waals surface area contributed by atoms with Crippen molar-refractivity contribution in [1.29, 1.82) is 0 Å². The van der Waals surface area contributed by atoms with Crippen LogP contribution < -0.4 is 20.5 Å². The van der Waals surface area contributed by atoms with Gasteiger partial charge in [0.2, 0.25) is 0 Å². The minimum atomic E-state index is -0.646. The normalized spacial score (nSPS) is 18.1. The van der Waals surface area contributed by atoms with E-state index in [1.54, 1.807) is 23.1 Å². The Labute approximate surface area is 172 Å². The fourth-order valence-corrected chi connectivity index (χ4v) is 3.83. The van der Waals surface area contributed by atoms with E-state index in [4.69, 9.17) is 16.3 Å². The van der Waals surface area contributed by atoms with Crippen LogP contribution in [0.15, 0.2) is 42.5 Å². The number of anilines is 1. The summed E-state index contributed by atoms with van der Waals surface area (Å²) >= 11 is 5.98. The predicted molar refractivity (Wildman–Crippen MR) is 106 cm³/mol. The summed E-state index contributed by atoms with van der Waals surface area (Å²) < 4.78 is 18.4. The molecule has 0 radical (unpaired) electrons. The van der Waals surface area contributed by atoms with Crippen LogP contribution in [0.5, 0.6) is 5.75 Å². The van der Waals surface area contributed by atoms with Crippen LogP contribution in [0.3, 0.4) is 0 Å². The third kappa shape index (κ3) is 3.73. The number of halogens is 2. The van der Waals surface area contributed by atoms with Crippen LogP contribution in [0.4, 0.5) is 14.9 Å². The molecule has 9 heteroatoms. The van der Waals surface area contributed by atoms with Gasteiger partial charge in [0, 0.05) is 31.0 Å². The Balaban J connectivity index is 1.45. The lowest BCUT2D eigenvalue weighted by atomic mass is 9.97. The average molecular weight is 419 g/mol. The number of hydrazine groups is 1. The summed E-state index contributed by atoms with van der Waals surface area (Å²) in [6, 6.07) is 10.3. The van der Waals surface area contributed by atoms with Crippen molar-refractivity contribution in [2.45, 2.75) is 18.5 Å². The molecule has 0 saturated carbocycles. The van der Waals surface area contributed by atoms with Gasteiger partial charge < -0.3 is 15.0 Å². The average Bonchev–Trinajstić information content (AvgIpc) is 3.04. The molecular formula is C20H20ClFN4O3. The van der Waals surface area contributed by atoms with E-state index in [-0.39, 0.29) is 17.8 Å². The molecule has 7 nitrogen and oxygen atoms in total. The molecule has 1 spiro atoms. The molecule has 0 atom stereocenters. The molecule has 3 amide bonds. The summed E-state index contributed by atoms with van der Waals surface area (Å²) in [6.45, 7) is 0.907. The lowest BCUT2D eigenvalue weighted by Crippen LogP contribution is -2.58. The number of nitrogens with one attached hydrogen (secondary N) is 2. The molecule has 2 aromatic rings. The summed E-state index contributed by atoms with van der Waals surface area (Å²) in [4.78, 5) is 27.1. The standard InChI is InChI=1S/C20H20ClFN4O3/c1-29-17-12-13(21)2-7-16(17)18(27)25-10-8-20(9-11-25)23-19(28)26(24-20)15-5-3-14(22)4-6-15/h2-7,12,24H,8-11H2,1H3,(H,23,28). The van der Waals surface area contributed by atoms with Crippen molar-refractivity contribution in [3.05, 3.63) is 58.9 Å². The molecule has 0 aliphatic carbocycles. The minimum Gasteiger partial charge on any atom is -0.496 e. The first-order valence-electron chi connectivity index (χ1n) is 9.19. The number of urea groups is 1. The lowest BCUT2D eigenvalue weighted by Gasteiger charge is -2.39. The monoisotopic (exact) mass is 418 g/mol. The molecule has 2 aliphatic heterocycles.